The van der Waals surface area contributed by atoms with Gasteiger partial charge in [0.25, 0.3) is 5.91 Å². The Kier molecular flexibility index (Phi) is 3.73. The van der Waals surface area contributed by atoms with Crippen LogP contribution in [0.1, 0.15) is 29.3 Å². The third kappa shape index (κ3) is 3.03. The molecule has 1 N–H and O–H groups in total. The number of ether oxygens (including phenoxy) is 1. The molecule has 1 aliphatic rings. The highest BCUT2D eigenvalue weighted by atomic mass is 16.5. The summed E-state index contributed by atoms with van der Waals surface area (Å²) in [5.41, 5.74) is 0. The monoisotopic (exact) mass is 238 g/mol. The normalized spacial score (nSPS) is 20.2. The molecule has 1 aliphatic heterocycles. The Morgan fingerprint density at radius 2 is 2.47 bits per heavy atom. The van der Waals surface area contributed by atoms with Crippen molar-refractivity contribution in [1.29, 1.82) is 0 Å². The maximum absolute atomic E-state index is 12.0. The number of H-pyrrole nitrogens is 1. The van der Waals surface area contributed by atoms with Gasteiger partial charge in [0, 0.05) is 20.2 Å². The highest BCUT2D eigenvalue weighted by molar-refractivity contribution is 5.90. The first-order valence-electron chi connectivity index (χ1n) is 5.89. The van der Waals surface area contributed by atoms with E-state index in [1.807, 2.05) is 0 Å². The van der Waals surface area contributed by atoms with Gasteiger partial charge in [0.1, 0.15) is 5.82 Å². The molecule has 1 aromatic heterocycles. The summed E-state index contributed by atoms with van der Waals surface area (Å²) in [4.78, 5) is 17.7. The van der Waals surface area contributed by atoms with E-state index in [1.165, 1.54) is 0 Å². The molecular weight excluding hydrogens is 220 g/mol. The molecule has 0 radical (unpaired) electrons. The number of amides is 1. The molecule has 17 heavy (non-hydrogen) atoms. The third-order valence-corrected chi connectivity index (χ3v) is 2.92. The van der Waals surface area contributed by atoms with Gasteiger partial charge in [-0.05, 0) is 25.7 Å². The van der Waals surface area contributed by atoms with E-state index in [2.05, 4.69) is 15.2 Å². The van der Waals surface area contributed by atoms with E-state index in [4.69, 9.17) is 4.74 Å². The predicted molar refractivity (Wildman–Crippen MR) is 61.6 cm³/mol. The Morgan fingerprint density at radius 3 is 3.06 bits per heavy atom. The molecular formula is C11H18N4O2. The summed E-state index contributed by atoms with van der Waals surface area (Å²) in [6.07, 6.45) is 2.19. The minimum Gasteiger partial charge on any atom is -0.381 e. The lowest BCUT2D eigenvalue weighted by atomic mass is 10.0. The molecule has 1 aromatic rings. The van der Waals surface area contributed by atoms with E-state index in [1.54, 1.807) is 18.9 Å². The fraction of sp³-hybridized carbons (Fsp3) is 0.727. The number of aromatic amines is 1. The average molecular weight is 238 g/mol. The van der Waals surface area contributed by atoms with Gasteiger partial charge in [0.2, 0.25) is 5.82 Å². The van der Waals surface area contributed by atoms with Crippen LogP contribution in [0, 0.1) is 12.8 Å². The Morgan fingerprint density at radius 1 is 1.65 bits per heavy atom. The molecule has 0 aromatic carbocycles. The second kappa shape index (κ2) is 5.27. The lowest BCUT2D eigenvalue weighted by Gasteiger charge is -2.26. The molecule has 2 rings (SSSR count). The minimum absolute atomic E-state index is 0.139. The second-order valence-electron chi connectivity index (χ2n) is 4.51. The van der Waals surface area contributed by atoms with Crippen LogP contribution in [0.3, 0.4) is 0 Å². The van der Waals surface area contributed by atoms with Gasteiger partial charge in [-0.2, -0.15) is 0 Å². The number of aromatic nitrogens is 3. The van der Waals surface area contributed by atoms with Gasteiger partial charge in [-0.1, -0.05) is 0 Å². The fourth-order valence-corrected chi connectivity index (χ4v) is 2.03. The van der Waals surface area contributed by atoms with Crippen molar-refractivity contribution >= 4 is 5.91 Å². The first kappa shape index (κ1) is 12.0. The summed E-state index contributed by atoms with van der Waals surface area (Å²) >= 11 is 0. The fourth-order valence-electron chi connectivity index (χ4n) is 2.03. The van der Waals surface area contributed by atoms with Crippen molar-refractivity contribution < 1.29 is 9.53 Å². The lowest BCUT2D eigenvalue weighted by Crippen LogP contribution is -2.35. The number of hydrogen-bond donors (Lipinski definition) is 1. The average Bonchev–Trinajstić information content (AvgIpc) is 2.76. The minimum atomic E-state index is -0.139. The van der Waals surface area contributed by atoms with Crippen molar-refractivity contribution in [2.45, 2.75) is 19.8 Å². The van der Waals surface area contributed by atoms with E-state index in [0.29, 0.717) is 18.3 Å². The number of hydrogen-bond acceptors (Lipinski definition) is 4. The molecule has 0 saturated carbocycles. The molecule has 1 amide bonds. The summed E-state index contributed by atoms with van der Waals surface area (Å²) in [6, 6.07) is 0. The standard InChI is InChI=1S/C11H18N4O2/c1-8-12-10(14-13-8)11(16)15(2)6-9-4-3-5-17-7-9/h9H,3-7H2,1-2H3,(H,12,13,14). The molecule has 1 atom stereocenters. The Bertz CT molecular complexity index is 385. The highest BCUT2D eigenvalue weighted by Gasteiger charge is 2.21. The highest BCUT2D eigenvalue weighted by Crippen LogP contribution is 2.14. The Balaban J connectivity index is 1.90. The smallest absolute Gasteiger partial charge is 0.293 e. The maximum Gasteiger partial charge on any atom is 0.293 e. The van der Waals surface area contributed by atoms with Gasteiger partial charge in [-0.3, -0.25) is 9.89 Å². The van der Waals surface area contributed by atoms with Gasteiger partial charge in [0.15, 0.2) is 0 Å². The summed E-state index contributed by atoms with van der Waals surface area (Å²) in [5.74, 6) is 1.18. The first-order chi connectivity index (χ1) is 8.16. The van der Waals surface area contributed by atoms with Crippen molar-refractivity contribution in [2.24, 2.45) is 5.92 Å². The van der Waals surface area contributed by atoms with Crippen LogP contribution in [0.2, 0.25) is 0 Å². The number of aryl methyl sites for hydroxylation is 1. The molecule has 94 valence electrons. The zero-order chi connectivity index (χ0) is 12.3. The molecule has 6 nitrogen and oxygen atoms in total. The predicted octanol–water partition coefficient (Wildman–Crippen LogP) is 0.612. The number of nitrogens with zero attached hydrogens (tertiary/aromatic N) is 3. The largest absolute Gasteiger partial charge is 0.381 e. The second-order valence-corrected chi connectivity index (χ2v) is 4.51. The van der Waals surface area contributed by atoms with Crippen LogP contribution in [0.25, 0.3) is 0 Å². The number of rotatable bonds is 3. The van der Waals surface area contributed by atoms with Crippen LogP contribution in [0.15, 0.2) is 0 Å². The van der Waals surface area contributed by atoms with Crippen LogP contribution in [-0.2, 0) is 4.74 Å². The lowest BCUT2D eigenvalue weighted by molar-refractivity contribution is 0.0385. The molecule has 1 unspecified atom stereocenters. The molecule has 0 aliphatic carbocycles. The van der Waals surface area contributed by atoms with Crippen molar-refractivity contribution in [2.75, 3.05) is 26.8 Å². The van der Waals surface area contributed by atoms with Gasteiger partial charge in [-0.25, -0.2) is 4.98 Å². The first-order valence-corrected chi connectivity index (χ1v) is 5.89. The van der Waals surface area contributed by atoms with E-state index < -0.39 is 0 Å². The van der Waals surface area contributed by atoms with Crippen LogP contribution in [0.4, 0.5) is 0 Å². The maximum atomic E-state index is 12.0. The van der Waals surface area contributed by atoms with Crippen molar-refractivity contribution in [3.8, 4) is 0 Å². The zero-order valence-corrected chi connectivity index (χ0v) is 10.3. The van der Waals surface area contributed by atoms with Crippen molar-refractivity contribution in [1.82, 2.24) is 20.1 Å². The van der Waals surface area contributed by atoms with E-state index in [0.717, 1.165) is 26.1 Å². The van der Waals surface area contributed by atoms with Crippen molar-refractivity contribution in [3.05, 3.63) is 11.6 Å². The van der Waals surface area contributed by atoms with Crippen LogP contribution >= 0.6 is 0 Å². The molecule has 1 fully saturated rings. The van der Waals surface area contributed by atoms with Crippen LogP contribution in [-0.4, -0.2) is 52.8 Å². The Labute approximate surface area is 100 Å². The number of nitrogens with one attached hydrogen (secondary N) is 1. The van der Waals surface area contributed by atoms with E-state index in [9.17, 15) is 4.79 Å². The number of carbonyl (C=O) groups is 1. The molecule has 0 bridgehead atoms. The Hall–Kier alpha value is -1.43. The molecule has 1 saturated heterocycles. The topological polar surface area (TPSA) is 71.1 Å². The quantitative estimate of drug-likeness (QED) is 0.837. The van der Waals surface area contributed by atoms with Gasteiger partial charge < -0.3 is 9.64 Å². The van der Waals surface area contributed by atoms with Crippen LogP contribution in [0.5, 0.6) is 0 Å². The van der Waals surface area contributed by atoms with Crippen molar-refractivity contribution in [3.63, 3.8) is 0 Å². The van der Waals surface area contributed by atoms with Gasteiger partial charge >= 0.3 is 0 Å². The van der Waals surface area contributed by atoms with E-state index >= 15 is 0 Å². The molecule has 2 heterocycles. The van der Waals surface area contributed by atoms with Gasteiger partial charge in [-0.15, -0.1) is 5.10 Å². The number of carbonyl (C=O) groups excluding carboxylic acids is 1. The zero-order valence-electron chi connectivity index (χ0n) is 10.3. The molecule has 6 heteroatoms. The summed E-state index contributed by atoms with van der Waals surface area (Å²) in [5, 5.41) is 6.55. The SMILES string of the molecule is Cc1nc(C(=O)N(C)CC2CCCOC2)n[nH]1. The van der Waals surface area contributed by atoms with E-state index in [-0.39, 0.29) is 11.7 Å². The summed E-state index contributed by atoms with van der Waals surface area (Å²) < 4.78 is 5.40. The summed E-state index contributed by atoms with van der Waals surface area (Å²) in [6.45, 7) is 4.06. The van der Waals surface area contributed by atoms with Crippen LogP contribution < -0.4 is 0 Å². The third-order valence-electron chi connectivity index (χ3n) is 2.92. The molecule has 0 spiro atoms. The summed E-state index contributed by atoms with van der Waals surface area (Å²) in [7, 11) is 1.78. The van der Waals surface area contributed by atoms with Gasteiger partial charge in [0.05, 0.1) is 6.61 Å².